The third kappa shape index (κ3) is 5.39. The lowest BCUT2D eigenvalue weighted by atomic mass is 10.2. The van der Waals surface area contributed by atoms with Gasteiger partial charge in [-0.1, -0.05) is 30.3 Å². The molecule has 2 amide bonds. The van der Waals surface area contributed by atoms with E-state index in [4.69, 9.17) is 0 Å². The molecule has 0 aliphatic carbocycles. The number of anilines is 1. The van der Waals surface area contributed by atoms with Gasteiger partial charge in [0.05, 0.1) is 0 Å². The molecule has 2 rings (SSSR count). The Kier molecular flexibility index (Phi) is 5.63. The highest BCUT2D eigenvalue weighted by Gasteiger charge is 2.14. The zero-order valence-corrected chi connectivity index (χ0v) is 12.6. The lowest BCUT2D eigenvalue weighted by Crippen LogP contribution is -2.40. The highest BCUT2D eigenvalue weighted by atomic mass is 19.1. The van der Waals surface area contributed by atoms with Crippen LogP contribution in [0, 0.1) is 5.82 Å². The molecule has 0 bridgehead atoms. The Labute approximate surface area is 134 Å². The highest BCUT2D eigenvalue weighted by molar-refractivity contribution is 5.99. The molecule has 0 heterocycles. The van der Waals surface area contributed by atoms with Crippen LogP contribution < -0.4 is 10.6 Å². The Morgan fingerprint density at radius 3 is 2.35 bits per heavy atom. The largest absolute Gasteiger partial charge is 0.341 e. The number of hydrogen-bond donors (Lipinski definition) is 2. The van der Waals surface area contributed by atoms with Crippen molar-refractivity contribution < 1.29 is 14.0 Å². The van der Waals surface area contributed by atoms with Crippen LogP contribution >= 0.6 is 0 Å². The fourth-order valence-corrected chi connectivity index (χ4v) is 1.85. The number of hydrogen-bond acceptors (Lipinski definition) is 2. The first kappa shape index (κ1) is 16.4. The summed E-state index contributed by atoms with van der Waals surface area (Å²) in [6.45, 7) is 1.58. The van der Waals surface area contributed by atoms with Crippen molar-refractivity contribution in [1.82, 2.24) is 5.32 Å². The number of halogens is 1. The van der Waals surface area contributed by atoms with E-state index in [0.29, 0.717) is 5.69 Å². The standard InChI is InChI=1S/C18H17FN2O2/c1-13(18(23)21-16-10-8-15(19)9-11-16)20-17(22)12-7-14-5-3-2-4-6-14/h2-13H,1H3,(H,20,22)(H,21,23)/b12-7+/t13-/m0/s1. The average molecular weight is 312 g/mol. The minimum atomic E-state index is -0.715. The van der Waals surface area contributed by atoms with Crippen molar-refractivity contribution in [1.29, 1.82) is 0 Å². The zero-order chi connectivity index (χ0) is 16.7. The molecule has 0 spiro atoms. The number of nitrogens with one attached hydrogen (secondary N) is 2. The van der Waals surface area contributed by atoms with E-state index in [1.807, 2.05) is 30.3 Å². The Morgan fingerprint density at radius 2 is 1.70 bits per heavy atom. The van der Waals surface area contributed by atoms with E-state index in [-0.39, 0.29) is 17.6 Å². The van der Waals surface area contributed by atoms with Gasteiger partial charge in [0.1, 0.15) is 11.9 Å². The van der Waals surface area contributed by atoms with Crippen LogP contribution in [0.5, 0.6) is 0 Å². The van der Waals surface area contributed by atoms with E-state index in [2.05, 4.69) is 10.6 Å². The van der Waals surface area contributed by atoms with E-state index in [0.717, 1.165) is 5.56 Å². The molecular formula is C18H17FN2O2. The van der Waals surface area contributed by atoms with Gasteiger partial charge in [-0.05, 0) is 42.8 Å². The molecule has 5 heteroatoms. The van der Waals surface area contributed by atoms with Crippen molar-refractivity contribution in [2.75, 3.05) is 5.32 Å². The number of amides is 2. The second-order valence-electron chi connectivity index (χ2n) is 4.97. The summed E-state index contributed by atoms with van der Waals surface area (Å²) in [7, 11) is 0. The van der Waals surface area contributed by atoms with Gasteiger partial charge in [0.25, 0.3) is 0 Å². The van der Waals surface area contributed by atoms with Crippen LogP contribution in [0.25, 0.3) is 6.08 Å². The first-order valence-corrected chi connectivity index (χ1v) is 7.14. The Balaban J connectivity index is 1.86. The van der Waals surface area contributed by atoms with Crippen LogP contribution in [0.3, 0.4) is 0 Å². The van der Waals surface area contributed by atoms with Crippen molar-refractivity contribution >= 4 is 23.6 Å². The fourth-order valence-electron chi connectivity index (χ4n) is 1.85. The molecule has 0 saturated carbocycles. The predicted octanol–water partition coefficient (Wildman–Crippen LogP) is 2.98. The van der Waals surface area contributed by atoms with Gasteiger partial charge in [0, 0.05) is 11.8 Å². The molecule has 2 aromatic carbocycles. The highest BCUT2D eigenvalue weighted by Crippen LogP contribution is 2.08. The van der Waals surface area contributed by atoms with Gasteiger partial charge < -0.3 is 10.6 Å². The third-order valence-electron chi connectivity index (χ3n) is 3.09. The van der Waals surface area contributed by atoms with Crippen LogP contribution in [-0.4, -0.2) is 17.9 Å². The van der Waals surface area contributed by atoms with Gasteiger partial charge in [-0.15, -0.1) is 0 Å². The molecule has 1 atom stereocenters. The summed E-state index contributed by atoms with van der Waals surface area (Å²) in [4.78, 5) is 23.8. The van der Waals surface area contributed by atoms with Crippen LogP contribution in [0.1, 0.15) is 12.5 Å². The van der Waals surface area contributed by atoms with Crippen molar-refractivity contribution in [3.8, 4) is 0 Å². The van der Waals surface area contributed by atoms with Gasteiger partial charge in [0.15, 0.2) is 0 Å². The minimum absolute atomic E-state index is 0.365. The Bertz CT molecular complexity index is 697. The topological polar surface area (TPSA) is 58.2 Å². The van der Waals surface area contributed by atoms with E-state index in [1.165, 1.54) is 30.3 Å². The second kappa shape index (κ2) is 7.89. The van der Waals surface area contributed by atoms with Gasteiger partial charge in [-0.3, -0.25) is 9.59 Å². The van der Waals surface area contributed by atoms with Crippen molar-refractivity contribution in [2.24, 2.45) is 0 Å². The van der Waals surface area contributed by atoms with Crippen molar-refractivity contribution in [3.05, 3.63) is 72.1 Å². The molecule has 0 aromatic heterocycles. The summed E-state index contributed by atoms with van der Waals surface area (Å²) in [5.74, 6) is -1.12. The molecule has 2 aromatic rings. The average Bonchev–Trinajstić information content (AvgIpc) is 2.56. The lowest BCUT2D eigenvalue weighted by molar-refractivity contribution is -0.123. The number of carbonyl (C=O) groups is 2. The normalized spacial score (nSPS) is 11.9. The van der Waals surface area contributed by atoms with E-state index in [9.17, 15) is 14.0 Å². The van der Waals surface area contributed by atoms with E-state index in [1.54, 1.807) is 13.0 Å². The molecule has 0 fully saturated rings. The molecular weight excluding hydrogens is 295 g/mol. The smallest absolute Gasteiger partial charge is 0.246 e. The minimum Gasteiger partial charge on any atom is -0.341 e. The van der Waals surface area contributed by atoms with Crippen LogP contribution in [0.2, 0.25) is 0 Å². The Morgan fingerprint density at radius 1 is 1.04 bits per heavy atom. The maximum absolute atomic E-state index is 12.8. The van der Waals surface area contributed by atoms with Crippen molar-refractivity contribution in [3.63, 3.8) is 0 Å². The summed E-state index contributed by atoms with van der Waals surface area (Å²) < 4.78 is 12.8. The Hall–Kier alpha value is -2.95. The summed E-state index contributed by atoms with van der Waals surface area (Å²) >= 11 is 0. The molecule has 0 radical (unpaired) electrons. The van der Waals surface area contributed by atoms with E-state index < -0.39 is 6.04 Å². The third-order valence-corrected chi connectivity index (χ3v) is 3.09. The monoisotopic (exact) mass is 312 g/mol. The number of benzene rings is 2. The summed E-state index contributed by atoms with van der Waals surface area (Å²) in [5, 5.41) is 5.17. The van der Waals surface area contributed by atoms with Crippen LogP contribution in [-0.2, 0) is 9.59 Å². The maximum atomic E-state index is 12.8. The van der Waals surface area contributed by atoms with E-state index >= 15 is 0 Å². The zero-order valence-electron chi connectivity index (χ0n) is 12.6. The summed E-state index contributed by atoms with van der Waals surface area (Å²) in [6, 6.07) is 14.1. The van der Waals surface area contributed by atoms with Gasteiger partial charge in [-0.25, -0.2) is 4.39 Å². The summed E-state index contributed by atoms with van der Waals surface area (Å²) in [5.41, 5.74) is 1.36. The first-order chi connectivity index (χ1) is 11.0. The predicted molar refractivity (Wildman–Crippen MR) is 88.1 cm³/mol. The lowest BCUT2D eigenvalue weighted by Gasteiger charge is -2.13. The molecule has 0 aliphatic rings. The molecule has 0 saturated heterocycles. The quantitative estimate of drug-likeness (QED) is 0.834. The van der Waals surface area contributed by atoms with Crippen LogP contribution in [0.15, 0.2) is 60.7 Å². The fraction of sp³-hybridized carbons (Fsp3) is 0.111. The number of carbonyl (C=O) groups excluding carboxylic acids is 2. The maximum Gasteiger partial charge on any atom is 0.246 e. The second-order valence-corrected chi connectivity index (χ2v) is 4.97. The van der Waals surface area contributed by atoms with Gasteiger partial charge in [-0.2, -0.15) is 0 Å². The molecule has 0 unspecified atom stereocenters. The SMILES string of the molecule is C[C@H](NC(=O)/C=C/c1ccccc1)C(=O)Nc1ccc(F)cc1. The molecule has 23 heavy (non-hydrogen) atoms. The van der Waals surface area contributed by atoms with Gasteiger partial charge in [0.2, 0.25) is 11.8 Å². The molecule has 118 valence electrons. The van der Waals surface area contributed by atoms with Crippen molar-refractivity contribution in [2.45, 2.75) is 13.0 Å². The molecule has 0 aliphatic heterocycles. The first-order valence-electron chi connectivity index (χ1n) is 7.14. The molecule has 4 nitrogen and oxygen atoms in total. The molecule has 2 N–H and O–H groups in total. The number of rotatable bonds is 5. The summed E-state index contributed by atoms with van der Waals surface area (Å²) in [6.07, 6.45) is 3.04. The van der Waals surface area contributed by atoms with Crippen LogP contribution in [0.4, 0.5) is 10.1 Å². The van der Waals surface area contributed by atoms with Gasteiger partial charge >= 0.3 is 0 Å².